The van der Waals surface area contributed by atoms with Crippen molar-refractivity contribution in [2.75, 3.05) is 18.1 Å². The predicted molar refractivity (Wildman–Crippen MR) is 97.7 cm³/mol. The number of fused-ring (bicyclic) bond motifs is 1. The van der Waals surface area contributed by atoms with E-state index in [4.69, 9.17) is 4.99 Å². The molecule has 6 heteroatoms. The second-order valence-electron chi connectivity index (χ2n) is 6.65. The molecule has 132 valence electrons. The lowest BCUT2D eigenvalue weighted by Crippen LogP contribution is -2.30. The third-order valence-corrected chi connectivity index (χ3v) is 6.65. The minimum Gasteiger partial charge on any atom is -0.310 e. The average molecular weight is 350 g/mol. The highest BCUT2D eigenvalue weighted by Gasteiger charge is 2.24. The van der Waals surface area contributed by atoms with Crippen LogP contribution in [0.5, 0.6) is 0 Å². The van der Waals surface area contributed by atoms with Gasteiger partial charge in [-0.3, -0.25) is 4.99 Å². The lowest BCUT2D eigenvalue weighted by atomic mass is 10.1. The summed E-state index contributed by atoms with van der Waals surface area (Å²) in [5, 5.41) is 0. The molecule has 5 nitrogen and oxygen atoms in total. The minimum absolute atomic E-state index is 0.155. The molecule has 1 aliphatic heterocycles. The van der Waals surface area contributed by atoms with E-state index in [-0.39, 0.29) is 11.7 Å². The number of nitrogens with zero attached hydrogens (tertiary/aromatic N) is 3. The Morgan fingerprint density at radius 1 is 1.17 bits per heavy atom. The van der Waals surface area contributed by atoms with Crippen LogP contribution in [0.2, 0.25) is 0 Å². The van der Waals surface area contributed by atoms with Crippen LogP contribution in [0, 0.1) is 5.92 Å². The highest BCUT2D eigenvalue weighted by molar-refractivity contribution is 7.91. The Hall–Kier alpha value is -1.56. The highest BCUT2D eigenvalue weighted by atomic mass is 32.2. The molecular weight excluding hydrogens is 322 g/mol. The molecule has 24 heavy (non-hydrogen) atoms. The summed E-state index contributed by atoms with van der Waals surface area (Å²) < 4.78 is 28.2. The molecule has 0 amide bonds. The number of para-hydroxylation sites is 2. The van der Waals surface area contributed by atoms with Gasteiger partial charge in [-0.1, -0.05) is 19.1 Å². The van der Waals surface area contributed by atoms with Gasteiger partial charge in [0.05, 0.1) is 22.5 Å². The number of aromatic nitrogens is 2. The minimum atomic E-state index is -2.87. The fourth-order valence-corrected chi connectivity index (χ4v) is 5.44. The van der Waals surface area contributed by atoms with Crippen LogP contribution in [0.3, 0.4) is 0 Å². The van der Waals surface area contributed by atoms with Crippen molar-refractivity contribution in [3.8, 4) is 0 Å². The first-order valence-corrected chi connectivity index (χ1v) is 10.8. The number of imidazole rings is 1. The third kappa shape index (κ3) is 3.43. The van der Waals surface area contributed by atoms with Crippen molar-refractivity contribution in [2.24, 2.45) is 10.9 Å². The summed E-state index contributed by atoms with van der Waals surface area (Å²) in [6.45, 7) is 6.68. The summed E-state index contributed by atoms with van der Waals surface area (Å²) in [7, 11) is -2.87. The molecule has 1 fully saturated rings. The molecule has 1 aliphatic rings. The zero-order chi connectivity index (χ0) is 17.2. The van der Waals surface area contributed by atoms with Crippen LogP contribution >= 0.6 is 0 Å². The van der Waals surface area contributed by atoms with E-state index in [1.165, 1.54) is 11.0 Å². The average Bonchev–Trinajstić information content (AvgIpc) is 2.86. The van der Waals surface area contributed by atoms with Crippen molar-refractivity contribution in [2.45, 2.75) is 46.2 Å². The van der Waals surface area contributed by atoms with Crippen molar-refractivity contribution in [1.29, 1.82) is 0 Å². The number of aryl methyl sites for hydroxylation is 2. The number of benzene rings is 1. The van der Waals surface area contributed by atoms with Crippen LogP contribution in [0.4, 0.5) is 0 Å². The summed E-state index contributed by atoms with van der Waals surface area (Å²) in [4.78, 5) is 4.88. The van der Waals surface area contributed by atoms with Gasteiger partial charge in [-0.2, -0.15) is 0 Å². The van der Waals surface area contributed by atoms with Crippen molar-refractivity contribution in [3.63, 3.8) is 0 Å². The van der Waals surface area contributed by atoms with Crippen molar-refractivity contribution >= 4 is 20.9 Å². The Kier molecular flexibility index (Phi) is 5.13. The van der Waals surface area contributed by atoms with Gasteiger partial charge >= 0.3 is 0 Å². The quantitative estimate of drug-likeness (QED) is 0.833. The molecule has 0 spiro atoms. The zero-order valence-corrected chi connectivity index (χ0v) is 15.4. The van der Waals surface area contributed by atoms with E-state index in [1.54, 1.807) is 0 Å². The largest absolute Gasteiger partial charge is 0.310 e. The molecule has 2 heterocycles. The lowest BCUT2D eigenvalue weighted by molar-refractivity contribution is 0.483. The van der Waals surface area contributed by atoms with E-state index >= 15 is 0 Å². The number of rotatable bonds is 5. The van der Waals surface area contributed by atoms with E-state index in [0.29, 0.717) is 12.3 Å². The van der Waals surface area contributed by atoms with Crippen LogP contribution in [0.15, 0.2) is 29.3 Å². The first-order valence-electron chi connectivity index (χ1n) is 8.94. The van der Waals surface area contributed by atoms with E-state index < -0.39 is 9.84 Å². The van der Waals surface area contributed by atoms with Gasteiger partial charge in [-0.05, 0) is 44.2 Å². The van der Waals surface area contributed by atoms with Gasteiger partial charge in [0, 0.05) is 19.6 Å². The van der Waals surface area contributed by atoms with E-state index in [9.17, 15) is 8.42 Å². The van der Waals surface area contributed by atoms with Gasteiger partial charge in [-0.15, -0.1) is 0 Å². The molecule has 1 aromatic heterocycles. The molecule has 1 aromatic carbocycles. The van der Waals surface area contributed by atoms with Gasteiger partial charge in [0.25, 0.3) is 0 Å². The Bertz CT molecular complexity index is 877. The molecule has 0 aliphatic carbocycles. The van der Waals surface area contributed by atoms with Gasteiger partial charge in [-0.25, -0.2) is 8.42 Å². The smallest absolute Gasteiger partial charge is 0.205 e. The molecule has 1 atom stereocenters. The molecule has 0 N–H and O–H groups in total. The standard InChI is InChI=1S/C18H27N3O2S/c1-3-11-21-17-10-6-5-9-16(17)20(4-2)18(21)19-13-15-8-7-12-24(22,23)14-15/h5-6,9-10,15H,3-4,7-8,11-14H2,1-2H3/t15-/m0/s1. The molecule has 0 radical (unpaired) electrons. The van der Waals surface area contributed by atoms with E-state index in [0.717, 1.165) is 38.0 Å². The molecule has 1 saturated heterocycles. The SMILES string of the molecule is CCCn1c(=NC[C@@H]2CCCS(=O)(=O)C2)n(CC)c2ccccc21. The predicted octanol–water partition coefficient (Wildman–Crippen LogP) is 2.60. The van der Waals surface area contributed by atoms with Gasteiger partial charge in [0.15, 0.2) is 9.84 Å². The number of hydrogen-bond acceptors (Lipinski definition) is 3. The summed E-state index contributed by atoms with van der Waals surface area (Å²) in [5.74, 6) is 0.785. The number of sulfone groups is 1. The molecule has 0 unspecified atom stereocenters. The maximum atomic E-state index is 11.9. The fourth-order valence-electron chi connectivity index (χ4n) is 3.68. The van der Waals surface area contributed by atoms with Gasteiger partial charge in [0.2, 0.25) is 5.62 Å². The Morgan fingerprint density at radius 2 is 1.88 bits per heavy atom. The maximum absolute atomic E-state index is 11.9. The highest BCUT2D eigenvalue weighted by Crippen LogP contribution is 2.19. The third-order valence-electron chi connectivity index (χ3n) is 4.76. The van der Waals surface area contributed by atoms with Crippen molar-refractivity contribution < 1.29 is 8.42 Å². The first kappa shape index (κ1) is 17.3. The monoisotopic (exact) mass is 349 g/mol. The van der Waals surface area contributed by atoms with Crippen molar-refractivity contribution in [3.05, 3.63) is 29.9 Å². The fraction of sp³-hybridized carbons (Fsp3) is 0.611. The second-order valence-corrected chi connectivity index (χ2v) is 8.88. The van der Waals surface area contributed by atoms with E-state index in [1.807, 2.05) is 0 Å². The van der Waals surface area contributed by atoms with Crippen LogP contribution in [0.25, 0.3) is 11.0 Å². The van der Waals surface area contributed by atoms with Crippen LogP contribution in [0.1, 0.15) is 33.1 Å². The number of hydrogen-bond donors (Lipinski definition) is 0. The summed E-state index contributed by atoms with van der Waals surface area (Å²) in [6, 6.07) is 8.39. The van der Waals surface area contributed by atoms with Crippen LogP contribution in [-0.2, 0) is 22.9 Å². The Labute approximate surface area is 143 Å². The molecule has 0 bridgehead atoms. The molecular formula is C18H27N3O2S. The first-order chi connectivity index (χ1) is 11.6. The zero-order valence-electron chi connectivity index (χ0n) is 14.6. The summed E-state index contributed by atoms with van der Waals surface area (Å²) in [5.41, 5.74) is 3.38. The summed E-state index contributed by atoms with van der Waals surface area (Å²) in [6.07, 6.45) is 2.78. The molecule has 0 saturated carbocycles. The maximum Gasteiger partial charge on any atom is 0.205 e. The van der Waals surface area contributed by atoms with Crippen molar-refractivity contribution in [1.82, 2.24) is 9.13 Å². The van der Waals surface area contributed by atoms with Gasteiger partial charge < -0.3 is 9.13 Å². The van der Waals surface area contributed by atoms with Crippen LogP contribution < -0.4 is 5.62 Å². The Morgan fingerprint density at radius 3 is 2.50 bits per heavy atom. The second kappa shape index (κ2) is 7.13. The molecule has 3 rings (SSSR count). The lowest BCUT2D eigenvalue weighted by Gasteiger charge is -2.19. The van der Waals surface area contributed by atoms with E-state index in [2.05, 4.69) is 47.2 Å². The topological polar surface area (TPSA) is 56.4 Å². The summed E-state index contributed by atoms with van der Waals surface area (Å²) >= 11 is 0. The Balaban J connectivity index is 2.02. The van der Waals surface area contributed by atoms with Gasteiger partial charge in [0.1, 0.15) is 0 Å². The molecule has 2 aromatic rings. The normalized spacial score (nSPS) is 21.4. The van der Waals surface area contributed by atoms with Crippen LogP contribution in [-0.4, -0.2) is 35.6 Å².